The summed E-state index contributed by atoms with van der Waals surface area (Å²) in [5.74, 6) is 1.59. The Labute approximate surface area is 106 Å². The fraction of sp³-hybridized carbons (Fsp3) is 0.923. The lowest BCUT2D eigenvalue weighted by molar-refractivity contribution is 0.226. The second-order valence-electron chi connectivity index (χ2n) is 6.51. The average Bonchev–Trinajstić information content (AvgIpc) is 2.20. The van der Waals surface area contributed by atoms with Crippen LogP contribution in [-0.2, 0) is 0 Å². The number of fused-ring (bicyclic) bond motifs is 1. The zero-order valence-electron chi connectivity index (χ0n) is 11.0. The van der Waals surface area contributed by atoms with Crippen molar-refractivity contribution in [1.29, 1.82) is 0 Å². The molecule has 2 aliphatic rings. The van der Waals surface area contributed by atoms with Crippen molar-refractivity contribution < 1.29 is 0 Å². The molecule has 0 aromatic heterocycles. The molecule has 0 radical (unpaired) electrons. The van der Waals surface area contributed by atoms with E-state index in [1.165, 1.54) is 50.1 Å². The maximum Gasteiger partial charge on any atom is 0.109 e. The summed E-state index contributed by atoms with van der Waals surface area (Å²) in [4.78, 5) is 3.56. The van der Waals surface area contributed by atoms with Gasteiger partial charge in [0.2, 0.25) is 0 Å². The third kappa shape index (κ3) is 2.61. The molecule has 16 heavy (non-hydrogen) atoms. The van der Waals surface area contributed by atoms with Crippen LogP contribution in [0.25, 0.3) is 0 Å². The van der Waals surface area contributed by atoms with Crippen LogP contribution in [0.4, 0.5) is 0 Å². The SMILES string of the molecule is BC1(C)CCCC2CCN(C)C(=S)C2CC1. The first-order valence-electron chi connectivity index (χ1n) is 6.75. The third-order valence-corrected chi connectivity index (χ3v) is 5.27. The molecule has 0 spiro atoms. The van der Waals surface area contributed by atoms with Crippen molar-refractivity contribution >= 4 is 25.1 Å². The largest absolute Gasteiger partial charge is 0.369 e. The Morgan fingerprint density at radius 2 is 2.06 bits per heavy atom. The van der Waals surface area contributed by atoms with Crippen molar-refractivity contribution in [3.8, 4) is 0 Å². The lowest BCUT2D eigenvalue weighted by atomic mass is 9.60. The molecular weight excluding hydrogens is 213 g/mol. The number of nitrogens with zero attached hydrogens (tertiary/aromatic N) is 1. The van der Waals surface area contributed by atoms with Crippen molar-refractivity contribution in [3.05, 3.63) is 0 Å². The molecule has 1 nitrogen and oxygen atoms in total. The van der Waals surface area contributed by atoms with Gasteiger partial charge in [-0.15, -0.1) is 0 Å². The Morgan fingerprint density at radius 1 is 1.31 bits per heavy atom. The van der Waals surface area contributed by atoms with Gasteiger partial charge in [-0.3, -0.25) is 0 Å². The van der Waals surface area contributed by atoms with Crippen LogP contribution >= 0.6 is 12.2 Å². The minimum atomic E-state index is 0.538. The summed E-state index contributed by atoms with van der Waals surface area (Å²) < 4.78 is 0. The van der Waals surface area contributed by atoms with Crippen molar-refractivity contribution in [2.75, 3.05) is 13.6 Å². The zero-order valence-corrected chi connectivity index (χ0v) is 11.8. The fourth-order valence-corrected chi connectivity index (χ4v) is 3.78. The van der Waals surface area contributed by atoms with E-state index < -0.39 is 0 Å². The third-order valence-electron chi connectivity index (χ3n) is 4.66. The number of hydrogen-bond donors (Lipinski definition) is 0. The smallest absolute Gasteiger partial charge is 0.109 e. The molecule has 1 aliphatic heterocycles. The van der Waals surface area contributed by atoms with Crippen molar-refractivity contribution in [2.24, 2.45) is 11.8 Å². The molecule has 2 rings (SSSR count). The Hall–Kier alpha value is -0.0451. The zero-order chi connectivity index (χ0) is 11.8. The molecule has 0 amide bonds. The van der Waals surface area contributed by atoms with Crippen LogP contribution in [0.3, 0.4) is 0 Å². The van der Waals surface area contributed by atoms with E-state index in [1.807, 2.05) is 0 Å². The van der Waals surface area contributed by atoms with E-state index in [1.54, 1.807) is 0 Å². The number of piperidine rings is 1. The second kappa shape index (κ2) is 4.68. The normalized spacial score (nSPS) is 41.1. The fourth-order valence-electron chi connectivity index (χ4n) is 3.37. The predicted molar refractivity (Wildman–Crippen MR) is 76.8 cm³/mol. The van der Waals surface area contributed by atoms with Crippen LogP contribution in [0.15, 0.2) is 0 Å². The summed E-state index contributed by atoms with van der Waals surface area (Å²) in [6.45, 7) is 3.60. The molecule has 0 N–H and O–H groups in total. The van der Waals surface area contributed by atoms with Crippen LogP contribution in [0, 0.1) is 11.8 Å². The highest BCUT2D eigenvalue weighted by atomic mass is 32.1. The molecule has 3 heteroatoms. The summed E-state index contributed by atoms with van der Waals surface area (Å²) in [6.07, 6.45) is 8.24. The number of rotatable bonds is 0. The lowest BCUT2D eigenvalue weighted by Gasteiger charge is -2.42. The lowest BCUT2D eigenvalue weighted by Crippen LogP contribution is -2.43. The van der Waals surface area contributed by atoms with E-state index in [2.05, 4.69) is 26.7 Å². The quantitative estimate of drug-likeness (QED) is 0.470. The van der Waals surface area contributed by atoms with E-state index in [9.17, 15) is 0 Å². The standard InChI is InChI=1S/C13H24BNS/c1-13(14)7-3-4-10-6-9-15(2)12(16)11(10)5-8-13/h10-11H,3-9,14H2,1-2H3. The van der Waals surface area contributed by atoms with Gasteiger partial charge in [-0.2, -0.15) is 0 Å². The van der Waals surface area contributed by atoms with Crippen LogP contribution in [0.2, 0.25) is 5.31 Å². The molecule has 2 fully saturated rings. The number of hydrogen-bond acceptors (Lipinski definition) is 1. The van der Waals surface area contributed by atoms with Crippen molar-refractivity contribution in [1.82, 2.24) is 4.90 Å². The number of likely N-dealkylation sites (tertiary alicyclic amines) is 1. The van der Waals surface area contributed by atoms with Gasteiger partial charge in [0, 0.05) is 19.5 Å². The Bertz CT molecular complexity index is 277. The molecular formula is C13H24BNS. The monoisotopic (exact) mass is 237 g/mol. The maximum absolute atomic E-state index is 5.63. The van der Waals surface area contributed by atoms with Crippen molar-refractivity contribution in [2.45, 2.75) is 50.8 Å². The molecule has 1 aliphatic carbocycles. The minimum absolute atomic E-state index is 0.538. The Morgan fingerprint density at radius 3 is 2.81 bits per heavy atom. The van der Waals surface area contributed by atoms with Gasteiger partial charge in [-0.1, -0.05) is 43.7 Å². The highest BCUT2D eigenvalue weighted by molar-refractivity contribution is 7.80. The molecule has 90 valence electrons. The topological polar surface area (TPSA) is 3.24 Å². The van der Waals surface area contributed by atoms with Gasteiger partial charge >= 0.3 is 0 Å². The molecule has 1 saturated carbocycles. The Balaban J connectivity index is 2.07. The molecule has 0 aromatic rings. The second-order valence-corrected chi connectivity index (χ2v) is 6.93. The van der Waals surface area contributed by atoms with E-state index in [4.69, 9.17) is 12.2 Å². The van der Waals surface area contributed by atoms with Crippen LogP contribution in [0.1, 0.15) is 45.4 Å². The van der Waals surface area contributed by atoms with Crippen LogP contribution in [0.5, 0.6) is 0 Å². The minimum Gasteiger partial charge on any atom is -0.369 e. The van der Waals surface area contributed by atoms with Crippen molar-refractivity contribution in [3.63, 3.8) is 0 Å². The molecule has 3 unspecified atom stereocenters. The summed E-state index contributed by atoms with van der Waals surface area (Å²) in [7, 11) is 4.59. The van der Waals surface area contributed by atoms with Gasteiger partial charge in [0.1, 0.15) is 7.85 Å². The van der Waals surface area contributed by atoms with Gasteiger partial charge < -0.3 is 4.90 Å². The first-order chi connectivity index (χ1) is 7.49. The number of thiocarbonyl (C=S) groups is 1. The van der Waals surface area contributed by atoms with Crippen LogP contribution < -0.4 is 0 Å². The average molecular weight is 237 g/mol. The van der Waals surface area contributed by atoms with Gasteiger partial charge in [0.05, 0.1) is 4.99 Å². The van der Waals surface area contributed by atoms with E-state index in [0.717, 1.165) is 5.92 Å². The molecule has 0 bridgehead atoms. The van der Waals surface area contributed by atoms with E-state index in [0.29, 0.717) is 11.2 Å². The first-order valence-corrected chi connectivity index (χ1v) is 7.15. The molecule has 1 heterocycles. The summed E-state index contributed by atoms with van der Waals surface area (Å²) in [5.41, 5.74) is 0. The van der Waals surface area contributed by atoms with Gasteiger partial charge in [0.15, 0.2) is 0 Å². The van der Waals surface area contributed by atoms with E-state index in [-0.39, 0.29) is 0 Å². The van der Waals surface area contributed by atoms with E-state index >= 15 is 0 Å². The highest BCUT2D eigenvalue weighted by Crippen LogP contribution is 2.43. The predicted octanol–water partition coefficient (Wildman–Crippen LogP) is 2.66. The van der Waals surface area contributed by atoms with Gasteiger partial charge in [0.25, 0.3) is 0 Å². The maximum atomic E-state index is 5.63. The molecule has 3 atom stereocenters. The summed E-state index contributed by atoms with van der Waals surface area (Å²) in [5, 5.41) is 0.538. The first kappa shape index (κ1) is 12.4. The molecule has 1 saturated heterocycles. The summed E-state index contributed by atoms with van der Waals surface area (Å²) in [6, 6.07) is 0. The Kier molecular flexibility index (Phi) is 3.63. The van der Waals surface area contributed by atoms with Crippen LogP contribution in [-0.4, -0.2) is 31.3 Å². The summed E-state index contributed by atoms with van der Waals surface area (Å²) >= 11 is 5.63. The highest BCUT2D eigenvalue weighted by Gasteiger charge is 2.34. The van der Waals surface area contributed by atoms with Gasteiger partial charge in [-0.25, -0.2) is 0 Å². The molecule has 0 aromatic carbocycles. The van der Waals surface area contributed by atoms with Gasteiger partial charge in [-0.05, 0) is 25.2 Å².